The molecule has 0 fully saturated rings. The minimum Gasteiger partial charge on any atom is -0.439 e. The molecule has 0 bridgehead atoms. The molecule has 0 aromatic heterocycles. The number of amides is 1. The van der Waals surface area contributed by atoms with E-state index in [0.717, 1.165) is 19.4 Å². The zero-order chi connectivity index (χ0) is 10.7. The van der Waals surface area contributed by atoms with Crippen molar-refractivity contribution in [1.29, 1.82) is 0 Å². The van der Waals surface area contributed by atoms with Crippen molar-refractivity contribution in [2.45, 2.75) is 19.8 Å². The van der Waals surface area contributed by atoms with Crippen LogP contribution < -0.4 is 34.9 Å². The predicted octanol–water partition coefficient (Wildman–Crippen LogP) is -2.14. The summed E-state index contributed by atoms with van der Waals surface area (Å²) < 4.78 is 24.1. The monoisotopic (exact) mass is 231 g/mol. The number of nitrogens with one attached hydrogen (secondary N) is 1. The molecule has 0 aliphatic rings. The summed E-state index contributed by atoms with van der Waals surface area (Å²) >= 11 is 0. The molecule has 0 aliphatic heterocycles. The van der Waals surface area contributed by atoms with Crippen LogP contribution in [0.15, 0.2) is 12.7 Å². The van der Waals surface area contributed by atoms with Gasteiger partial charge in [0.2, 0.25) is 5.91 Å². The molecule has 0 spiro atoms. The Morgan fingerprint density at radius 3 is 2.29 bits per heavy atom. The molecular formula is C7H14NNaO4S. The van der Waals surface area contributed by atoms with Crippen LogP contribution in [-0.2, 0) is 24.2 Å². The molecule has 2 N–H and O–H groups in total. The van der Waals surface area contributed by atoms with E-state index in [9.17, 15) is 4.79 Å². The summed E-state index contributed by atoms with van der Waals surface area (Å²) in [6.07, 6.45) is 3.44. The van der Waals surface area contributed by atoms with Crippen LogP contribution in [0.2, 0.25) is 0 Å². The summed E-state index contributed by atoms with van der Waals surface area (Å²) in [5.41, 5.74) is 0. The third-order valence-corrected chi connectivity index (χ3v) is 1.01. The van der Waals surface area contributed by atoms with Crippen LogP contribution in [0.25, 0.3) is 0 Å². The third-order valence-electron chi connectivity index (χ3n) is 1.01. The smallest absolute Gasteiger partial charge is 0.439 e. The Morgan fingerprint density at radius 1 is 1.57 bits per heavy atom. The van der Waals surface area contributed by atoms with Crippen molar-refractivity contribution < 1.29 is 47.3 Å². The van der Waals surface area contributed by atoms with Gasteiger partial charge < -0.3 is 18.3 Å². The van der Waals surface area contributed by atoms with E-state index < -0.39 is 11.0 Å². The molecule has 0 saturated heterocycles. The van der Waals surface area contributed by atoms with E-state index >= 15 is 0 Å². The minimum atomic E-state index is -2.86. The Balaban J connectivity index is -0.000000209. The Bertz CT molecular complexity index is 210. The summed E-state index contributed by atoms with van der Waals surface area (Å²) in [5.74, 6) is -0.0801. The number of carbonyl (C=O) groups is 1. The first-order valence-corrected chi connectivity index (χ1v) is 4.76. The average Bonchev–Trinajstić information content (AvgIpc) is 2.03. The zero-order valence-electron chi connectivity index (χ0n) is 8.49. The van der Waals surface area contributed by atoms with Crippen LogP contribution >= 0.6 is 0 Å². The maximum absolute atomic E-state index is 10.5. The van der Waals surface area contributed by atoms with E-state index in [1.165, 1.54) is 6.08 Å². The number of rotatable bonds is 4. The van der Waals surface area contributed by atoms with Crippen molar-refractivity contribution >= 4 is 16.9 Å². The summed E-state index contributed by atoms with van der Waals surface area (Å²) in [5, 5.41) is 2.68. The molecule has 0 aromatic rings. The van der Waals surface area contributed by atoms with Crippen LogP contribution in [0.1, 0.15) is 19.8 Å². The molecule has 0 atom stereocenters. The minimum absolute atomic E-state index is 0. The molecule has 0 rings (SSSR count). The van der Waals surface area contributed by atoms with Crippen molar-refractivity contribution in [2.24, 2.45) is 0 Å². The van der Waals surface area contributed by atoms with E-state index in [4.69, 9.17) is 13.0 Å². The van der Waals surface area contributed by atoms with Gasteiger partial charge in [-0.3, -0.25) is 4.79 Å². The molecule has 5 nitrogen and oxygen atoms in total. The van der Waals surface area contributed by atoms with Crippen LogP contribution in [0.4, 0.5) is 0 Å². The van der Waals surface area contributed by atoms with Gasteiger partial charge in [-0.1, -0.05) is 19.9 Å². The SMILES string of the molecule is C=CC(=O)NCCCC.O=[S-](=O)O.[Na+]. The fourth-order valence-electron chi connectivity index (χ4n) is 0.461. The number of hydrogen-bond donors (Lipinski definition) is 2. The van der Waals surface area contributed by atoms with Crippen molar-refractivity contribution in [3.8, 4) is 0 Å². The fraction of sp³-hybridized carbons (Fsp3) is 0.571. The van der Waals surface area contributed by atoms with Gasteiger partial charge in [0.05, 0.1) is 0 Å². The largest absolute Gasteiger partial charge is 1.00 e. The van der Waals surface area contributed by atoms with Gasteiger partial charge in [-0.2, -0.15) is 0 Å². The standard InChI is InChI=1S/C7H13NO.Na.HO3S/c1-3-5-6-8-7(9)4-2;;1-4(2)3/h4H,2-3,5-6H2,1H3,(H,8,9);;(H,1,2,3)/q;+1;-1. The van der Waals surface area contributed by atoms with Gasteiger partial charge in [-0.05, 0) is 12.5 Å². The molecule has 0 unspecified atom stereocenters. The van der Waals surface area contributed by atoms with Gasteiger partial charge in [-0.15, -0.1) is 0 Å². The van der Waals surface area contributed by atoms with Gasteiger partial charge >= 0.3 is 29.6 Å². The summed E-state index contributed by atoms with van der Waals surface area (Å²) in [7, 11) is -2.86. The predicted molar refractivity (Wildman–Crippen MR) is 49.5 cm³/mol. The van der Waals surface area contributed by atoms with Gasteiger partial charge in [0, 0.05) is 17.5 Å². The molecule has 78 valence electrons. The quantitative estimate of drug-likeness (QED) is 0.144. The van der Waals surface area contributed by atoms with E-state index in [0.29, 0.717) is 0 Å². The second-order valence-electron chi connectivity index (χ2n) is 2.07. The molecule has 0 aromatic carbocycles. The molecule has 14 heavy (non-hydrogen) atoms. The topological polar surface area (TPSA) is 83.5 Å². The van der Waals surface area contributed by atoms with E-state index in [2.05, 4.69) is 18.8 Å². The van der Waals surface area contributed by atoms with E-state index in [-0.39, 0.29) is 35.5 Å². The first kappa shape index (κ1) is 19.7. The second-order valence-corrected chi connectivity index (χ2v) is 2.50. The Hall–Kier alpha value is 0.120. The Morgan fingerprint density at radius 2 is 2.00 bits per heavy atom. The molecule has 0 saturated carbocycles. The molecular weight excluding hydrogens is 217 g/mol. The van der Waals surface area contributed by atoms with E-state index in [1.807, 2.05) is 0 Å². The zero-order valence-corrected chi connectivity index (χ0v) is 11.3. The first-order chi connectivity index (χ1) is 6.04. The molecule has 7 heteroatoms. The molecule has 0 aliphatic carbocycles. The van der Waals surface area contributed by atoms with Gasteiger partial charge in [0.15, 0.2) is 0 Å². The number of carbonyl (C=O) groups excluding carboxylic acids is 1. The second kappa shape index (κ2) is 15.6. The molecule has 0 heterocycles. The van der Waals surface area contributed by atoms with Gasteiger partial charge in [-0.25, -0.2) is 0 Å². The average molecular weight is 231 g/mol. The summed E-state index contributed by atoms with van der Waals surface area (Å²) in [6.45, 7) is 6.18. The van der Waals surface area contributed by atoms with E-state index in [1.54, 1.807) is 0 Å². The van der Waals surface area contributed by atoms with Crippen molar-refractivity contribution in [2.75, 3.05) is 6.54 Å². The number of unbranched alkanes of at least 4 members (excludes halogenated alkanes) is 1. The van der Waals surface area contributed by atoms with Crippen LogP contribution in [0, 0.1) is 0 Å². The Labute approximate surface area is 108 Å². The van der Waals surface area contributed by atoms with Gasteiger partial charge in [0.1, 0.15) is 0 Å². The maximum atomic E-state index is 10.5. The number of hydrogen-bond acceptors (Lipinski definition) is 4. The van der Waals surface area contributed by atoms with Crippen LogP contribution in [-0.4, -0.2) is 17.0 Å². The molecule has 0 radical (unpaired) electrons. The van der Waals surface area contributed by atoms with Gasteiger partial charge in [0.25, 0.3) is 0 Å². The maximum Gasteiger partial charge on any atom is 1.00 e. The Kier molecular flexibility index (Phi) is 21.9. The van der Waals surface area contributed by atoms with Crippen molar-refractivity contribution in [3.63, 3.8) is 0 Å². The summed E-state index contributed by atoms with van der Waals surface area (Å²) in [6, 6.07) is 0. The fourth-order valence-corrected chi connectivity index (χ4v) is 0.461. The first-order valence-electron chi connectivity index (χ1n) is 3.73. The van der Waals surface area contributed by atoms with Crippen molar-refractivity contribution in [1.82, 2.24) is 5.32 Å². The normalized spacial score (nSPS) is 7.93. The van der Waals surface area contributed by atoms with Crippen molar-refractivity contribution in [3.05, 3.63) is 12.7 Å². The van der Waals surface area contributed by atoms with Crippen LogP contribution in [0.3, 0.4) is 0 Å². The summed E-state index contributed by atoms with van der Waals surface area (Å²) in [4.78, 5) is 10.5. The van der Waals surface area contributed by atoms with Crippen LogP contribution in [0.5, 0.6) is 0 Å². The third kappa shape index (κ3) is 29.6. The molecule has 1 amide bonds.